The van der Waals surface area contributed by atoms with Gasteiger partial charge in [0.2, 0.25) is 0 Å². The van der Waals surface area contributed by atoms with Crippen molar-refractivity contribution >= 4 is 0 Å². The zero-order valence-corrected chi connectivity index (χ0v) is 19.4. The van der Waals surface area contributed by atoms with Crippen LogP contribution in [0.25, 0.3) is 0 Å². The maximum absolute atomic E-state index is 6.10. The van der Waals surface area contributed by atoms with Crippen molar-refractivity contribution < 1.29 is 4.74 Å². The second kappa shape index (κ2) is 7.00. The lowest BCUT2D eigenvalue weighted by Gasteiger charge is -2.60. The van der Waals surface area contributed by atoms with Crippen molar-refractivity contribution in [3.05, 3.63) is 0 Å². The average molecular weight is 387 g/mol. The summed E-state index contributed by atoms with van der Waals surface area (Å²) >= 11 is 0. The molecule has 4 saturated carbocycles. The van der Waals surface area contributed by atoms with Gasteiger partial charge >= 0.3 is 0 Å². The average Bonchev–Trinajstić information content (AvgIpc) is 3.34. The van der Waals surface area contributed by atoms with Gasteiger partial charge in [0.05, 0.1) is 12.2 Å². The highest BCUT2D eigenvalue weighted by Gasteiger charge is 2.65. The van der Waals surface area contributed by atoms with E-state index in [2.05, 4.69) is 34.6 Å². The minimum absolute atomic E-state index is 0.600. The summed E-state index contributed by atoms with van der Waals surface area (Å²) in [5.74, 6) is 6.76. The van der Waals surface area contributed by atoms with Crippen LogP contribution in [0.4, 0.5) is 0 Å². The lowest BCUT2D eigenvalue weighted by atomic mass is 9.44. The van der Waals surface area contributed by atoms with Crippen LogP contribution >= 0.6 is 0 Å². The van der Waals surface area contributed by atoms with Crippen molar-refractivity contribution in [2.24, 2.45) is 52.3 Å². The Bertz CT molecular complexity index is 583. The van der Waals surface area contributed by atoms with Gasteiger partial charge in [-0.2, -0.15) is 0 Å². The molecule has 28 heavy (non-hydrogen) atoms. The van der Waals surface area contributed by atoms with Gasteiger partial charge in [0.15, 0.2) is 0 Å². The summed E-state index contributed by atoms with van der Waals surface area (Å²) in [6, 6.07) is 0. The quantitative estimate of drug-likeness (QED) is 0.446. The Morgan fingerprint density at radius 1 is 0.786 bits per heavy atom. The van der Waals surface area contributed by atoms with Gasteiger partial charge in [0.25, 0.3) is 0 Å². The first-order chi connectivity index (χ1) is 13.3. The van der Waals surface area contributed by atoms with E-state index >= 15 is 0 Å². The van der Waals surface area contributed by atoms with E-state index in [9.17, 15) is 0 Å². The normalized spacial score (nSPS) is 53.1. The molecule has 0 aromatic carbocycles. The Morgan fingerprint density at radius 2 is 1.50 bits per heavy atom. The van der Waals surface area contributed by atoms with Crippen LogP contribution in [-0.2, 0) is 4.74 Å². The van der Waals surface area contributed by atoms with Crippen molar-refractivity contribution in [3.63, 3.8) is 0 Å². The minimum Gasteiger partial charge on any atom is -0.369 e. The first-order valence-electron chi connectivity index (χ1n) is 13.0. The van der Waals surface area contributed by atoms with Gasteiger partial charge in [-0.3, -0.25) is 0 Å². The molecule has 0 amide bonds. The molecular weight excluding hydrogens is 340 g/mol. The van der Waals surface area contributed by atoms with Gasteiger partial charge in [-0.25, -0.2) is 0 Å². The van der Waals surface area contributed by atoms with Crippen LogP contribution < -0.4 is 0 Å². The largest absolute Gasteiger partial charge is 0.369 e. The van der Waals surface area contributed by atoms with Crippen LogP contribution in [0.5, 0.6) is 0 Å². The van der Waals surface area contributed by atoms with Crippen LogP contribution in [0.1, 0.15) is 105 Å². The van der Waals surface area contributed by atoms with E-state index in [-0.39, 0.29) is 0 Å². The number of fused-ring (bicyclic) bond motifs is 7. The predicted octanol–water partition coefficient (Wildman–Crippen LogP) is 7.49. The molecule has 1 heterocycles. The van der Waals surface area contributed by atoms with Crippen molar-refractivity contribution in [2.75, 3.05) is 0 Å². The Morgan fingerprint density at radius 3 is 2.29 bits per heavy atom. The lowest BCUT2D eigenvalue weighted by Crippen LogP contribution is -2.54. The molecule has 4 aliphatic carbocycles. The molecule has 10 unspecified atom stereocenters. The number of rotatable bonds is 5. The molecule has 1 nitrogen and oxygen atoms in total. The lowest BCUT2D eigenvalue weighted by molar-refractivity contribution is -0.111. The Kier molecular flexibility index (Phi) is 4.97. The van der Waals surface area contributed by atoms with E-state index < -0.39 is 0 Å². The molecule has 0 spiro atoms. The van der Waals surface area contributed by atoms with Gasteiger partial charge in [-0.05, 0) is 104 Å². The number of hydrogen-bond acceptors (Lipinski definition) is 1. The van der Waals surface area contributed by atoms with E-state index in [1.165, 1.54) is 64.2 Å². The van der Waals surface area contributed by atoms with Crippen molar-refractivity contribution in [1.82, 2.24) is 0 Å². The molecule has 0 aromatic rings. The van der Waals surface area contributed by atoms with Crippen molar-refractivity contribution in [3.8, 4) is 0 Å². The third kappa shape index (κ3) is 2.96. The van der Waals surface area contributed by atoms with Gasteiger partial charge in [0, 0.05) is 0 Å². The fourth-order valence-corrected chi connectivity index (χ4v) is 9.62. The van der Waals surface area contributed by atoms with Crippen LogP contribution in [0.15, 0.2) is 0 Å². The standard InChI is InChI=1S/C27H46O/c1-17(2)7-6-8-18(3)20-11-12-21-19-9-10-23-25-24(28-25)14-16-27(23,5)22(19)13-15-26(20,21)4/h17-25H,6-16H2,1-5H3. The fourth-order valence-electron chi connectivity index (χ4n) is 9.62. The minimum atomic E-state index is 0.600. The van der Waals surface area contributed by atoms with Crippen LogP contribution in [0.3, 0.4) is 0 Å². The molecule has 0 N–H and O–H groups in total. The molecular formula is C27H46O. The highest BCUT2D eigenvalue weighted by molar-refractivity contribution is 5.13. The van der Waals surface area contributed by atoms with Crippen LogP contribution in [0, 0.1) is 52.3 Å². The Hall–Kier alpha value is -0.0400. The van der Waals surface area contributed by atoms with E-state index in [1.807, 2.05) is 0 Å². The van der Waals surface area contributed by atoms with E-state index in [0.717, 1.165) is 41.4 Å². The highest BCUT2D eigenvalue weighted by Crippen LogP contribution is 2.69. The fraction of sp³-hybridized carbons (Fsp3) is 1.00. The zero-order valence-electron chi connectivity index (χ0n) is 19.4. The molecule has 5 fully saturated rings. The third-order valence-electron chi connectivity index (χ3n) is 11.1. The third-order valence-corrected chi connectivity index (χ3v) is 11.1. The molecule has 0 radical (unpaired) electrons. The van der Waals surface area contributed by atoms with E-state index in [0.29, 0.717) is 23.0 Å². The molecule has 1 aliphatic heterocycles. The second-order valence-electron chi connectivity index (χ2n) is 12.8. The zero-order chi connectivity index (χ0) is 19.7. The molecule has 0 aromatic heterocycles. The van der Waals surface area contributed by atoms with Gasteiger partial charge in [-0.15, -0.1) is 0 Å². The van der Waals surface area contributed by atoms with Gasteiger partial charge in [0.1, 0.15) is 0 Å². The van der Waals surface area contributed by atoms with E-state index in [4.69, 9.17) is 4.74 Å². The first-order valence-corrected chi connectivity index (χ1v) is 13.0. The summed E-state index contributed by atoms with van der Waals surface area (Å²) in [5, 5.41) is 0. The molecule has 10 atom stereocenters. The smallest absolute Gasteiger partial charge is 0.0875 e. The van der Waals surface area contributed by atoms with Crippen molar-refractivity contribution in [1.29, 1.82) is 0 Å². The Labute approximate surface area is 174 Å². The number of ether oxygens (including phenoxy) is 1. The predicted molar refractivity (Wildman–Crippen MR) is 117 cm³/mol. The first kappa shape index (κ1) is 19.9. The van der Waals surface area contributed by atoms with Crippen LogP contribution in [0.2, 0.25) is 0 Å². The SMILES string of the molecule is CC(C)CCCC(C)C1CCC2C3CCC4C5OC5CCC4(C)C3CCC12C. The molecule has 1 saturated heterocycles. The maximum Gasteiger partial charge on any atom is 0.0875 e. The molecule has 160 valence electrons. The van der Waals surface area contributed by atoms with Gasteiger partial charge in [-0.1, -0.05) is 53.9 Å². The second-order valence-corrected chi connectivity index (χ2v) is 12.8. The summed E-state index contributed by atoms with van der Waals surface area (Å²) in [6.45, 7) is 12.8. The molecule has 1 heteroatoms. The van der Waals surface area contributed by atoms with Crippen LogP contribution in [-0.4, -0.2) is 12.2 Å². The highest BCUT2D eigenvalue weighted by atomic mass is 16.6. The van der Waals surface area contributed by atoms with E-state index in [1.54, 1.807) is 6.42 Å². The topological polar surface area (TPSA) is 12.5 Å². The number of epoxide rings is 1. The van der Waals surface area contributed by atoms with Gasteiger partial charge < -0.3 is 4.74 Å². The van der Waals surface area contributed by atoms with Crippen molar-refractivity contribution in [2.45, 2.75) is 117 Å². The maximum atomic E-state index is 6.10. The molecule has 0 bridgehead atoms. The summed E-state index contributed by atoms with van der Waals surface area (Å²) < 4.78 is 6.10. The number of hydrogen-bond donors (Lipinski definition) is 0. The summed E-state index contributed by atoms with van der Waals surface area (Å²) in [5.41, 5.74) is 1.25. The molecule has 5 rings (SSSR count). The summed E-state index contributed by atoms with van der Waals surface area (Å²) in [4.78, 5) is 0. The summed E-state index contributed by atoms with van der Waals surface area (Å²) in [7, 11) is 0. The summed E-state index contributed by atoms with van der Waals surface area (Å²) in [6.07, 6.45) is 17.6. The monoisotopic (exact) mass is 386 g/mol. The molecule has 5 aliphatic rings. The Balaban J connectivity index is 1.30.